The van der Waals surface area contributed by atoms with Gasteiger partial charge in [-0.3, -0.25) is 19.5 Å². The maximum atomic E-state index is 12.9. The summed E-state index contributed by atoms with van der Waals surface area (Å²) in [7, 11) is 0. The van der Waals surface area contributed by atoms with Crippen molar-refractivity contribution >= 4 is 58.3 Å². The number of thiocarbonyl (C=S) groups is 1. The molecule has 7 heteroatoms. The van der Waals surface area contributed by atoms with Gasteiger partial charge in [-0.2, -0.15) is 0 Å². The van der Waals surface area contributed by atoms with Gasteiger partial charge >= 0.3 is 0 Å². The van der Waals surface area contributed by atoms with Gasteiger partial charge in [0.2, 0.25) is 5.91 Å². The Kier molecular flexibility index (Phi) is 5.63. The van der Waals surface area contributed by atoms with Crippen LogP contribution in [0, 0.1) is 5.92 Å². The van der Waals surface area contributed by atoms with Crippen LogP contribution in [-0.2, 0) is 15.0 Å². The minimum Gasteiger partial charge on any atom is -0.301 e. The first-order valence-corrected chi connectivity index (χ1v) is 9.54. The normalized spacial score (nSPS) is 17.9. The SMILES string of the molecule is CC(C)(C)c1ccc(N=C[C@H]2C(=O)NC(=S)N(c3ccc(Cl)cc3)C2=O)cc1. The first-order valence-electron chi connectivity index (χ1n) is 8.76. The standard InChI is InChI=1S/C21H20ClN3O2S/c1-21(2,3)13-4-8-15(9-5-13)23-12-17-18(26)24-20(28)25(19(17)27)16-10-6-14(22)7-11-16/h4-12,17H,1-3H3,(H,24,26,28)/t17-/m0/s1. The second kappa shape index (κ2) is 7.81. The van der Waals surface area contributed by atoms with E-state index in [9.17, 15) is 9.59 Å². The van der Waals surface area contributed by atoms with E-state index in [0.29, 0.717) is 16.4 Å². The summed E-state index contributed by atoms with van der Waals surface area (Å²) in [5.74, 6) is -2.01. The van der Waals surface area contributed by atoms with Crippen LogP contribution in [-0.4, -0.2) is 23.1 Å². The summed E-state index contributed by atoms with van der Waals surface area (Å²) < 4.78 is 0. The molecule has 0 aromatic heterocycles. The lowest BCUT2D eigenvalue weighted by Crippen LogP contribution is -2.58. The Hall–Kier alpha value is -2.57. The Morgan fingerprint density at radius 3 is 2.25 bits per heavy atom. The van der Waals surface area contributed by atoms with Gasteiger partial charge in [-0.05, 0) is 59.6 Å². The second-order valence-electron chi connectivity index (χ2n) is 7.50. The maximum Gasteiger partial charge on any atom is 0.251 e. The molecule has 0 saturated carbocycles. The van der Waals surface area contributed by atoms with Crippen LogP contribution in [0.3, 0.4) is 0 Å². The van der Waals surface area contributed by atoms with Crippen LogP contribution in [0.4, 0.5) is 11.4 Å². The highest BCUT2D eigenvalue weighted by Gasteiger charge is 2.38. The van der Waals surface area contributed by atoms with Gasteiger partial charge in [0, 0.05) is 11.2 Å². The van der Waals surface area contributed by atoms with E-state index in [1.807, 2.05) is 24.3 Å². The van der Waals surface area contributed by atoms with Crippen LogP contribution < -0.4 is 10.2 Å². The highest BCUT2D eigenvalue weighted by Crippen LogP contribution is 2.25. The summed E-state index contributed by atoms with van der Waals surface area (Å²) in [5.41, 5.74) is 2.42. The van der Waals surface area contributed by atoms with Crippen molar-refractivity contribution in [3.05, 3.63) is 59.1 Å². The maximum absolute atomic E-state index is 12.9. The van der Waals surface area contributed by atoms with Crippen LogP contribution in [0.15, 0.2) is 53.5 Å². The van der Waals surface area contributed by atoms with Gasteiger partial charge in [-0.25, -0.2) is 0 Å². The van der Waals surface area contributed by atoms with E-state index in [1.54, 1.807) is 24.3 Å². The second-order valence-corrected chi connectivity index (χ2v) is 8.32. The third-order valence-electron chi connectivity index (χ3n) is 4.39. The van der Waals surface area contributed by atoms with Crippen molar-refractivity contribution in [3.8, 4) is 0 Å². The van der Waals surface area contributed by atoms with Crippen LogP contribution in [0.2, 0.25) is 5.02 Å². The molecule has 2 aromatic rings. The van der Waals surface area contributed by atoms with Crippen molar-refractivity contribution < 1.29 is 9.59 Å². The van der Waals surface area contributed by atoms with E-state index in [-0.39, 0.29) is 10.5 Å². The number of halogens is 1. The predicted octanol–water partition coefficient (Wildman–Crippen LogP) is 4.40. The fourth-order valence-electron chi connectivity index (χ4n) is 2.76. The van der Waals surface area contributed by atoms with E-state index < -0.39 is 17.7 Å². The first kappa shape index (κ1) is 20.2. The molecule has 28 heavy (non-hydrogen) atoms. The summed E-state index contributed by atoms with van der Waals surface area (Å²) in [5, 5.41) is 3.14. The molecule has 2 amide bonds. The van der Waals surface area contributed by atoms with E-state index in [0.717, 1.165) is 0 Å². The Bertz CT molecular complexity index is 947. The predicted molar refractivity (Wildman–Crippen MR) is 116 cm³/mol. The Morgan fingerprint density at radius 2 is 1.68 bits per heavy atom. The molecular formula is C21H20ClN3O2S. The topological polar surface area (TPSA) is 61.8 Å². The van der Waals surface area contributed by atoms with Crippen molar-refractivity contribution in [3.63, 3.8) is 0 Å². The van der Waals surface area contributed by atoms with Gasteiger partial charge in [-0.1, -0.05) is 44.5 Å². The molecule has 144 valence electrons. The fraction of sp³-hybridized carbons (Fsp3) is 0.238. The number of anilines is 1. The van der Waals surface area contributed by atoms with Crippen LogP contribution in [0.1, 0.15) is 26.3 Å². The summed E-state index contributed by atoms with van der Waals surface area (Å²) in [6.45, 7) is 6.39. The van der Waals surface area contributed by atoms with Gasteiger partial charge in [0.25, 0.3) is 5.91 Å². The third kappa shape index (κ3) is 4.29. The molecule has 0 unspecified atom stereocenters. The van der Waals surface area contributed by atoms with E-state index in [1.165, 1.54) is 16.7 Å². The number of carbonyl (C=O) groups excluding carboxylic acids is 2. The molecule has 5 nitrogen and oxygen atoms in total. The minimum atomic E-state index is -1.07. The quantitative estimate of drug-likeness (QED) is 0.460. The van der Waals surface area contributed by atoms with Gasteiger partial charge in [0.1, 0.15) is 0 Å². The number of hydrogen-bond donors (Lipinski definition) is 1. The minimum absolute atomic E-state index is 0.0379. The van der Waals surface area contributed by atoms with Gasteiger partial charge < -0.3 is 5.32 Å². The number of benzene rings is 2. The molecule has 1 aliphatic rings. The smallest absolute Gasteiger partial charge is 0.251 e. The molecule has 1 atom stereocenters. The van der Waals surface area contributed by atoms with Crippen molar-refractivity contribution in [2.45, 2.75) is 26.2 Å². The van der Waals surface area contributed by atoms with E-state index in [2.05, 4.69) is 31.1 Å². The molecule has 3 rings (SSSR count). The highest BCUT2D eigenvalue weighted by molar-refractivity contribution is 7.80. The largest absolute Gasteiger partial charge is 0.301 e. The van der Waals surface area contributed by atoms with Gasteiger partial charge in [0.05, 0.1) is 11.4 Å². The van der Waals surface area contributed by atoms with Gasteiger partial charge in [0.15, 0.2) is 11.0 Å². The molecule has 1 heterocycles. The Labute approximate surface area is 174 Å². The van der Waals surface area contributed by atoms with Crippen LogP contribution in [0.25, 0.3) is 0 Å². The molecule has 1 N–H and O–H groups in total. The lowest BCUT2D eigenvalue weighted by molar-refractivity contribution is -0.130. The van der Waals surface area contributed by atoms with Gasteiger partial charge in [-0.15, -0.1) is 0 Å². The number of rotatable bonds is 3. The molecule has 2 aromatic carbocycles. The number of aliphatic imine (C=N–C) groups is 1. The third-order valence-corrected chi connectivity index (χ3v) is 4.93. The zero-order chi connectivity index (χ0) is 20.5. The van der Waals surface area contributed by atoms with E-state index in [4.69, 9.17) is 23.8 Å². The molecule has 0 radical (unpaired) electrons. The van der Waals surface area contributed by atoms with Crippen molar-refractivity contribution in [1.82, 2.24) is 5.32 Å². The highest BCUT2D eigenvalue weighted by atomic mass is 35.5. The number of amides is 2. The van der Waals surface area contributed by atoms with E-state index >= 15 is 0 Å². The average Bonchev–Trinajstić information content (AvgIpc) is 2.62. The number of nitrogens with zero attached hydrogens (tertiary/aromatic N) is 2. The molecule has 1 fully saturated rings. The fourth-order valence-corrected chi connectivity index (χ4v) is 3.19. The summed E-state index contributed by atoms with van der Waals surface area (Å²) >= 11 is 11.1. The van der Waals surface area contributed by atoms with Crippen molar-refractivity contribution in [1.29, 1.82) is 0 Å². The lowest BCUT2D eigenvalue weighted by atomic mass is 9.87. The lowest BCUT2D eigenvalue weighted by Gasteiger charge is -2.30. The number of carbonyl (C=O) groups is 2. The molecule has 0 aliphatic carbocycles. The summed E-state index contributed by atoms with van der Waals surface area (Å²) in [4.78, 5) is 30.8. The molecule has 1 aliphatic heterocycles. The Morgan fingerprint density at radius 1 is 1.07 bits per heavy atom. The van der Waals surface area contributed by atoms with Crippen molar-refractivity contribution in [2.75, 3.05) is 4.90 Å². The zero-order valence-electron chi connectivity index (χ0n) is 15.8. The van der Waals surface area contributed by atoms with Crippen LogP contribution in [0.5, 0.6) is 0 Å². The molecule has 0 spiro atoms. The average molecular weight is 414 g/mol. The summed E-state index contributed by atoms with van der Waals surface area (Å²) in [6.07, 6.45) is 1.36. The summed E-state index contributed by atoms with van der Waals surface area (Å²) in [6, 6.07) is 14.4. The van der Waals surface area contributed by atoms with Crippen molar-refractivity contribution in [2.24, 2.45) is 10.9 Å². The Balaban J connectivity index is 1.83. The molecule has 0 bridgehead atoms. The first-order chi connectivity index (χ1) is 13.2. The van der Waals surface area contributed by atoms with Crippen LogP contribution >= 0.6 is 23.8 Å². The monoisotopic (exact) mass is 413 g/mol. The number of nitrogens with one attached hydrogen (secondary N) is 1. The molecule has 1 saturated heterocycles. The molecular weight excluding hydrogens is 394 g/mol. The zero-order valence-corrected chi connectivity index (χ0v) is 17.3. The number of hydrogen-bond acceptors (Lipinski definition) is 4.